The highest BCUT2D eigenvalue weighted by atomic mass is 16.5. The summed E-state index contributed by atoms with van der Waals surface area (Å²) in [6.07, 6.45) is 2.84. The number of hydrogen-bond donors (Lipinski definition) is 0. The third-order valence-corrected chi connectivity index (χ3v) is 1.25. The summed E-state index contributed by atoms with van der Waals surface area (Å²) in [4.78, 5) is 0. The van der Waals surface area contributed by atoms with E-state index in [1.54, 1.807) is 13.4 Å². The SMILES string of the molecule is CC/C(C)=C/OCCOC. The van der Waals surface area contributed by atoms with Crippen molar-refractivity contribution in [2.45, 2.75) is 20.3 Å². The van der Waals surface area contributed by atoms with Gasteiger partial charge in [0.2, 0.25) is 0 Å². The van der Waals surface area contributed by atoms with Crippen molar-refractivity contribution in [3.8, 4) is 0 Å². The van der Waals surface area contributed by atoms with Crippen LogP contribution in [0.4, 0.5) is 0 Å². The Balaban J connectivity index is 3.16. The number of ether oxygens (including phenoxy) is 2. The molecule has 60 valence electrons. The van der Waals surface area contributed by atoms with E-state index in [1.165, 1.54) is 5.57 Å². The molecule has 0 unspecified atom stereocenters. The molecule has 0 N–H and O–H groups in total. The maximum absolute atomic E-state index is 5.14. The van der Waals surface area contributed by atoms with Gasteiger partial charge < -0.3 is 9.47 Å². The molecule has 0 saturated heterocycles. The average Bonchev–Trinajstić information content (AvgIpc) is 1.98. The number of methoxy groups -OCH3 is 1. The van der Waals surface area contributed by atoms with Gasteiger partial charge in [-0.2, -0.15) is 0 Å². The molecule has 2 nitrogen and oxygen atoms in total. The highest BCUT2D eigenvalue weighted by Gasteiger charge is 1.83. The van der Waals surface area contributed by atoms with E-state index in [0.29, 0.717) is 13.2 Å². The van der Waals surface area contributed by atoms with Crippen LogP contribution in [0.5, 0.6) is 0 Å². The lowest BCUT2D eigenvalue weighted by molar-refractivity contribution is 0.122. The summed E-state index contributed by atoms with van der Waals surface area (Å²) in [6, 6.07) is 0. The molecule has 0 aromatic carbocycles. The van der Waals surface area contributed by atoms with Crippen LogP contribution in [0.1, 0.15) is 20.3 Å². The molecular formula is C8H16O2. The summed E-state index contributed by atoms with van der Waals surface area (Å²) in [6.45, 7) is 5.46. The second-order valence-corrected chi connectivity index (χ2v) is 2.18. The van der Waals surface area contributed by atoms with Gasteiger partial charge in [0.1, 0.15) is 6.61 Å². The summed E-state index contributed by atoms with van der Waals surface area (Å²) in [5.74, 6) is 0. The van der Waals surface area contributed by atoms with E-state index in [9.17, 15) is 0 Å². The highest BCUT2D eigenvalue weighted by molar-refractivity contribution is 4.90. The Kier molecular flexibility index (Phi) is 6.29. The number of hydrogen-bond acceptors (Lipinski definition) is 2. The second kappa shape index (κ2) is 6.62. The zero-order valence-corrected chi connectivity index (χ0v) is 7.02. The van der Waals surface area contributed by atoms with E-state index < -0.39 is 0 Å². The molecule has 0 spiro atoms. The smallest absolute Gasteiger partial charge is 0.111 e. The van der Waals surface area contributed by atoms with Gasteiger partial charge in [-0.05, 0) is 18.9 Å². The summed E-state index contributed by atoms with van der Waals surface area (Å²) in [5.41, 5.74) is 1.26. The van der Waals surface area contributed by atoms with Gasteiger partial charge in [0.15, 0.2) is 0 Å². The molecule has 0 fully saturated rings. The molecule has 2 heteroatoms. The normalized spacial score (nSPS) is 11.7. The van der Waals surface area contributed by atoms with Gasteiger partial charge in [0.05, 0.1) is 12.9 Å². The minimum absolute atomic E-state index is 0.647. The van der Waals surface area contributed by atoms with Crippen LogP contribution < -0.4 is 0 Å². The van der Waals surface area contributed by atoms with E-state index in [1.807, 2.05) is 6.92 Å². The molecular weight excluding hydrogens is 128 g/mol. The van der Waals surface area contributed by atoms with Crippen molar-refractivity contribution < 1.29 is 9.47 Å². The molecule has 0 saturated carbocycles. The summed E-state index contributed by atoms with van der Waals surface area (Å²) >= 11 is 0. The van der Waals surface area contributed by atoms with Gasteiger partial charge in [-0.15, -0.1) is 0 Å². The maximum atomic E-state index is 5.14. The van der Waals surface area contributed by atoms with Crippen LogP contribution in [-0.4, -0.2) is 20.3 Å². The summed E-state index contributed by atoms with van der Waals surface area (Å²) in [5, 5.41) is 0. The van der Waals surface area contributed by atoms with E-state index in [-0.39, 0.29) is 0 Å². The molecule has 0 heterocycles. The van der Waals surface area contributed by atoms with Crippen molar-refractivity contribution in [1.29, 1.82) is 0 Å². The largest absolute Gasteiger partial charge is 0.499 e. The fourth-order valence-corrected chi connectivity index (χ4v) is 0.416. The minimum atomic E-state index is 0.647. The first-order valence-corrected chi connectivity index (χ1v) is 3.57. The van der Waals surface area contributed by atoms with Gasteiger partial charge >= 0.3 is 0 Å². The number of allylic oxidation sites excluding steroid dienone is 1. The zero-order valence-electron chi connectivity index (χ0n) is 7.02. The van der Waals surface area contributed by atoms with Crippen LogP contribution in [0.15, 0.2) is 11.8 Å². The standard InChI is InChI=1S/C8H16O2/c1-4-8(2)7-10-6-5-9-3/h7H,4-6H2,1-3H3/b8-7+. The lowest BCUT2D eigenvalue weighted by Crippen LogP contribution is -1.97. The first-order valence-electron chi connectivity index (χ1n) is 3.57. The molecule has 0 radical (unpaired) electrons. The molecule has 0 atom stereocenters. The monoisotopic (exact) mass is 144 g/mol. The highest BCUT2D eigenvalue weighted by Crippen LogP contribution is 1.97. The van der Waals surface area contributed by atoms with Crippen molar-refractivity contribution in [2.75, 3.05) is 20.3 Å². The van der Waals surface area contributed by atoms with Gasteiger partial charge in [0, 0.05) is 7.11 Å². The Morgan fingerprint density at radius 2 is 2.10 bits per heavy atom. The predicted octanol–water partition coefficient (Wildman–Crippen LogP) is 1.96. The number of rotatable bonds is 5. The third-order valence-electron chi connectivity index (χ3n) is 1.25. The molecule has 0 rings (SSSR count). The van der Waals surface area contributed by atoms with Gasteiger partial charge in [-0.25, -0.2) is 0 Å². The van der Waals surface area contributed by atoms with E-state index in [2.05, 4.69) is 6.92 Å². The summed E-state index contributed by atoms with van der Waals surface area (Å²) < 4.78 is 9.94. The topological polar surface area (TPSA) is 18.5 Å². The molecule has 0 aromatic heterocycles. The Morgan fingerprint density at radius 1 is 1.40 bits per heavy atom. The fraction of sp³-hybridized carbons (Fsp3) is 0.750. The van der Waals surface area contributed by atoms with Crippen molar-refractivity contribution in [1.82, 2.24) is 0 Å². The molecule has 0 aliphatic heterocycles. The van der Waals surface area contributed by atoms with Gasteiger partial charge in [-0.3, -0.25) is 0 Å². The van der Waals surface area contributed by atoms with Gasteiger partial charge in [-0.1, -0.05) is 6.92 Å². The van der Waals surface area contributed by atoms with Crippen LogP contribution in [0, 0.1) is 0 Å². The average molecular weight is 144 g/mol. The first-order chi connectivity index (χ1) is 4.81. The van der Waals surface area contributed by atoms with Gasteiger partial charge in [0.25, 0.3) is 0 Å². The fourth-order valence-electron chi connectivity index (χ4n) is 0.416. The first kappa shape index (κ1) is 9.50. The van der Waals surface area contributed by atoms with E-state index >= 15 is 0 Å². The molecule has 0 aliphatic carbocycles. The summed E-state index contributed by atoms with van der Waals surface area (Å²) in [7, 11) is 1.67. The molecule has 10 heavy (non-hydrogen) atoms. The second-order valence-electron chi connectivity index (χ2n) is 2.18. The Labute approximate surface area is 62.8 Å². The Bertz CT molecular complexity index is 97.4. The Hall–Kier alpha value is -0.500. The predicted molar refractivity (Wildman–Crippen MR) is 41.9 cm³/mol. The van der Waals surface area contributed by atoms with Crippen LogP contribution in [0.3, 0.4) is 0 Å². The van der Waals surface area contributed by atoms with Crippen molar-refractivity contribution >= 4 is 0 Å². The molecule has 0 aliphatic rings. The minimum Gasteiger partial charge on any atom is -0.499 e. The van der Waals surface area contributed by atoms with Crippen molar-refractivity contribution in [3.63, 3.8) is 0 Å². The van der Waals surface area contributed by atoms with Crippen LogP contribution in [0.2, 0.25) is 0 Å². The van der Waals surface area contributed by atoms with E-state index in [4.69, 9.17) is 9.47 Å². The quantitative estimate of drug-likeness (QED) is 0.434. The maximum Gasteiger partial charge on any atom is 0.111 e. The molecule has 0 amide bonds. The third kappa shape index (κ3) is 5.63. The lowest BCUT2D eigenvalue weighted by Gasteiger charge is -2.00. The Morgan fingerprint density at radius 3 is 2.60 bits per heavy atom. The van der Waals surface area contributed by atoms with Crippen molar-refractivity contribution in [2.24, 2.45) is 0 Å². The van der Waals surface area contributed by atoms with Crippen LogP contribution in [-0.2, 0) is 9.47 Å². The van der Waals surface area contributed by atoms with Crippen molar-refractivity contribution in [3.05, 3.63) is 11.8 Å². The van der Waals surface area contributed by atoms with Crippen LogP contribution in [0.25, 0.3) is 0 Å². The molecule has 0 aromatic rings. The lowest BCUT2D eigenvalue weighted by atomic mass is 10.3. The zero-order chi connectivity index (χ0) is 7.82. The molecule has 0 bridgehead atoms. The van der Waals surface area contributed by atoms with Crippen LogP contribution >= 0.6 is 0 Å². The van der Waals surface area contributed by atoms with E-state index in [0.717, 1.165) is 6.42 Å².